The minimum Gasteiger partial charge on any atom is -0.481 e. The van der Waals surface area contributed by atoms with E-state index in [0.717, 1.165) is 0 Å². The van der Waals surface area contributed by atoms with Gasteiger partial charge in [-0.3, -0.25) is 14.4 Å². The standard InChI is InChI=1S/C16H20N2O4/c19-14(18-10-4-7-13(11-18)16(21)22)8-9-17-15(20)12-5-2-1-3-6-12/h1-3,5-6,13H,4,7-11H2,(H,17,20)(H,21,22)/t13-/m0/s1. The molecule has 0 spiro atoms. The minimum absolute atomic E-state index is 0.112. The van der Waals surface area contributed by atoms with Crippen molar-refractivity contribution < 1.29 is 19.5 Å². The van der Waals surface area contributed by atoms with Gasteiger partial charge < -0.3 is 15.3 Å². The molecule has 0 aromatic heterocycles. The molecule has 118 valence electrons. The Labute approximate surface area is 129 Å². The van der Waals surface area contributed by atoms with Gasteiger partial charge in [-0.1, -0.05) is 18.2 Å². The van der Waals surface area contributed by atoms with Crippen LogP contribution >= 0.6 is 0 Å². The van der Waals surface area contributed by atoms with Crippen LogP contribution in [0.4, 0.5) is 0 Å². The van der Waals surface area contributed by atoms with E-state index in [1.54, 1.807) is 29.2 Å². The fraction of sp³-hybridized carbons (Fsp3) is 0.438. The number of carbonyl (C=O) groups excluding carboxylic acids is 2. The summed E-state index contributed by atoms with van der Waals surface area (Å²) in [6, 6.07) is 8.80. The first-order valence-corrected chi connectivity index (χ1v) is 7.42. The molecule has 0 aliphatic carbocycles. The molecule has 1 atom stereocenters. The van der Waals surface area contributed by atoms with Crippen molar-refractivity contribution >= 4 is 17.8 Å². The van der Waals surface area contributed by atoms with Crippen LogP contribution in [0.15, 0.2) is 30.3 Å². The van der Waals surface area contributed by atoms with E-state index in [-0.39, 0.29) is 31.3 Å². The third kappa shape index (κ3) is 4.31. The van der Waals surface area contributed by atoms with Crippen molar-refractivity contribution in [1.29, 1.82) is 0 Å². The number of nitrogens with one attached hydrogen (secondary N) is 1. The molecule has 1 fully saturated rings. The number of likely N-dealkylation sites (tertiary alicyclic amines) is 1. The molecule has 0 radical (unpaired) electrons. The van der Waals surface area contributed by atoms with Crippen molar-refractivity contribution in [3.8, 4) is 0 Å². The normalized spacial score (nSPS) is 17.8. The predicted molar refractivity (Wildman–Crippen MR) is 80.3 cm³/mol. The Morgan fingerprint density at radius 2 is 1.95 bits per heavy atom. The van der Waals surface area contributed by atoms with Crippen LogP contribution in [0.5, 0.6) is 0 Å². The van der Waals surface area contributed by atoms with Gasteiger partial charge in [-0.15, -0.1) is 0 Å². The SMILES string of the molecule is O=C(NCCC(=O)N1CCC[C@H](C(=O)O)C1)c1ccccc1. The van der Waals surface area contributed by atoms with Crippen molar-refractivity contribution in [2.24, 2.45) is 5.92 Å². The number of carboxylic acid groups (broad SMARTS) is 1. The maximum Gasteiger partial charge on any atom is 0.308 e. The molecule has 0 unspecified atom stereocenters. The summed E-state index contributed by atoms with van der Waals surface area (Å²) in [5, 5.41) is 11.7. The summed E-state index contributed by atoms with van der Waals surface area (Å²) in [4.78, 5) is 36.5. The number of piperidine rings is 1. The van der Waals surface area contributed by atoms with Gasteiger partial charge in [0.1, 0.15) is 0 Å². The maximum absolute atomic E-state index is 12.1. The molecule has 2 rings (SSSR count). The Balaban J connectivity index is 1.76. The highest BCUT2D eigenvalue weighted by atomic mass is 16.4. The lowest BCUT2D eigenvalue weighted by Gasteiger charge is -2.30. The maximum atomic E-state index is 12.1. The van der Waals surface area contributed by atoms with Crippen LogP contribution in [0, 0.1) is 5.92 Å². The third-order valence-electron chi connectivity index (χ3n) is 3.78. The van der Waals surface area contributed by atoms with Crippen molar-refractivity contribution in [3.63, 3.8) is 0 Å². The highest BCUT2D eigenvalue weighted by Gasteiger charge is 2.27. The fourth-order valence-electron chi connectivity index (χ4n) is 2.54. The third-order valence-corrected chi connectivity index (χ3v) is 3.78. The zero-order valence-electron chi connectivity index (χ0n) is 12.3. The van der Waals surface area contributed by atoms with Crippen molar-refractivity contribution in [2.45, 2.75) is 19.3 Å². The van der Waals surface area contributed by atoms with E-state index in [2.05, 4.69) is 5.32 Å². The van der Waals surface area contributed by atoms with Crippen LogP contribution in [-0.4, -0.2) is 47.4 Å². The summed E-state index contributed by atoms with van der Waals surface area (Å²) in [5.74, 6) is -1.65. The van der Waals surface area contributed by atoms with Crippen molar-refractivity contribution in [2.75, 3.05) is 19.6 Å². The zero-order chi connectivity index (χ0) is 15.9. The molecule has 6 heteroatoms. The van der Waals surface area contributed by atoms with Gasteiger partial charge in [0, 0.05) is 31.6 Å². The van der Waals surface area contributed by atoms with Gasteiger partial charge in [0.25, 0.3) is 5.91 Å². The number of rotatable bonds is 5. The zero-order valence-corrected chi connectivity index (χ0v) is 12.3. The second kappa shape index (κ2) is 7.59. The Kier molecular flexibility index (Phi) is 5.52. The molecule has 1 saturated heterocycles. The van der Waals surface area contributed by atoms with Gasteiger partial charge in [0.15, 0.2) is 0 Å². The van der Waals surface area contributed by atoms with E-state index in [9.17, 15) is 14.4 Å². The van der Waals surface area contributed by atoms with Gasteiger partial charge in [0.2, 0.25) is 5.91 Å². The van der Waals surface area contributed by atoms with Crippen molar-refractivity contribution in [1.82, 2.24) is 10.2 Å². The van der Waals surface area contributed by atoms with Crippen molar-refractivity contribution in [3.05, 3.63) is 35.9 Å². The van der Waals surface area contributed by atoms with Gasteiger partial charge in [0.05, 0.1) is 5.92 Å². The van der Waals surface area contributed by atoms with E-state index in [0.29, 0.717) is 24.9 Å². The minimum atomic E-state index is -0.852. The average Bonchev–Trinajstić information content (AvgIpc) is 2.55. The molecule has 1 aliphatic rings. The second-order valence-electron chi connectivity index (χ2n) is 5.39. The smallest absolute Gasteiger partial charge is 0.308 e. The summed E-state index contributed by atoms with van der Waals surface area (Å²) in [6.07, 6.45) is 1.51. The molecule has 1 aromatic carbocycles. The van der Waals surface area contributed by atoms with Gasteiger partial charge in [-0.25, -0.2) is 0 Å². The average molecular weight is 304 g/mol. The first-order chi connectivity index (χ1) is 10.6. The highest BCUT2D eigenvalue weighted by molar-refractivity contribution is 5.94. The van der Waals surface area contributed by atoms with E-state index < -0.39 is 11.9 Å². The summed E-state index contributed by atoms with van der Waals surface area (Å²) >= 11 is 0. The number of hydrogen-bond donors (Lipinski definition) is 2. The molecule has 1 aliphatic heterocycles. The first kappa shape index (κ1) is 16.0. The van der Waals surface area contributed by atoms with Crippen LogP contribution in [0.1, 0.15) is 29.6 Å². The molecule has 2 amide bonds. The van der Waals surface area contributed by atoms with Crippen LogP contribution in [-0.2, 0) is 9.59 Å². The molecule has 0 saturated carbocycles. The number of amides is 2. The van der Waals surface area contributed by atoms with Gasteiger partial charge in [-0.2, -0.15) is 0 Å². The number of carboxylic acids is 1. The fourth-order valence-corrected chi connectivity index (χ4v) is 2.54. The van der Waals surface area contributed by atoms with Gasteiger partial charge >= 0.3 is 5.97 Å². The Hall–Kier alpha value is -2.37. The van der Waals surface area contributed by atoms with E-state index in [4.69, 9.17) is 5.11 Å². The monoisotopic (exact) mass is 304 g/mol. The van der Waals surface area contributed by atoms with Crippen LogP contribution in [0.2, 0.25) is 0 Å². The Morgan fingerprint density at radius 1 is 1.23 bits per heavy atom. The Morgan fingerprint density at radius 3 is 2.64 bits per heavy atom. The molecule has 1 heterocycles. The number of nitrogens with zero attached hydrogens (tertiary/aromatic N) is 1. The molecule has 0 bridgehead atoms. The van der Waals surface area contributed by atoms with E-state index >= 15 is 0 Å². The summed E-state index contributed by atoms with van der Waals surface area (Å²) < 4.78 is 0. The molecular formula is C16H20N2O4. The lowest BCUT2D eigenvalue weighted by atomic mass is 9.98. The van der Waals surface area contributed by atoms with Crippen LogP contribution < -0.4 is 5.32 Å². The Bertz CT molecular complexity index is 544. The first-order valence-electron chi connectivity index (χ1n) is 7.42. The summed E-state index contributed by atoms with van der Waals surface area (Å²) in [6.45, 7) is 1.11. The second-order valence-corrected chi connectivity index (χ2v) is 5.39. The quantitative estimate of drug-likeness (QED) is 0.853. The number of benzene rings is 1. The molecule has 2 N–H and O–H groups in total. The predicted octanol–water partition coefficient (Wildman–Crippen LogP) is 1.13. The van der Waals surface area contributed by atoms with E-state index in [1.807, 2.05) is 6.07 Å². The number of hydrogen-bond acceptors (Lipinski definition) is 3. The summed E-state index contributed by atoms with van der Waals surface area (Å²) in [7, 11) is 0. The molecule has 22 heavy (non-hydrogen) atoms. The van der Waals surface area contributed by atoms with Crippen LogP contribution in [0.3, 0.4) is 0 Å². The topological polar surface area (TPSA) is 86.7 Å². The highest BCUT2D eigenvalue weighted by Crippen LogP contribution is 2.17. The van der Waals surface area contributed by atoms with Gasteiger partial charge in [-0.05, 0) is 25.0 Å². The molecule has 1 aromatic rings. The van der Waals surface area contributed by atoms with Crippen LogP contribution in [0.25, 0.3) is 0 Å². The molecule has 6 nitrogen and oxygen atoms in total. The molecular weight excluding hydrogens is 284 g/mol. The van der Waals surface area contributed by atoms with E-state index in [1.165, 1.54) is 0 Å². The number of carbonyl (C=O) groups is 3. The largest absolute Gasteiger partial charge is 0.481 e. The summed E-state index contributed by atoms with van der Waals surface area (Å²) in [5.41, 5.74) is 0.555. The number of aliphatic carboxylic acids is 1. The lowest BCUT2D eigenvalue weighted by Crippen LogP contribution is -2.43. The lowest BCUT2D eigenvalue weighted by molar-refractivity contribution is -0.145.